The molecular formula is C14H22BrNO4S. The van der Waals surface area contributed by atoms with Gasteiger partial charge in [-0.1, -0.05) is 29.8 Å². The van der Waals surface area contributed by atoms with Crippen LogP contribution in [-0.2, 0) is 10.0 Å². The lowest BCUT2D eigenvalue weighted by Crippen LogP contribution is -2.50. The first-order valence-electron chi connectivity index (χ1n) is 6.91. The molecule has 0 saturated heterocycles. The maximum Gasteiger partial charge on any atom is 0.244 e. The summed E-state index contributed by atoms with van der Waals surface area (Å²) in [6.07, 6.45) is 0.994. The Morgan fingerprint density at radius 3 is 2.38 bits per heavy atom. The summed E-state index contributed by atoms with van der Waals surface area (Å²) >= 11 is 3.27. The van der Waals surface area contributed by atoms with E-state index in [4.69, 9.17) is 4.74 Å². The molecule has 0 aliphatic rings. The number of nitrogens with one attached hydrogen (secondary N) is 1. The van der Waals surface area contributed by atoms with E-state index in [9.17, 15) is 13.5 Å². The molecule has 0 unspecified atom stereocenters. The van der Waals surface area contributed by atoms with Gasteiger partial charge in [0.1, 0.15) is 10.6 Å². The van der Waals surface area contributed by atoms with Crippen molar-refractivity contribution in [3.05, 3.63) is 22.7 Å². The molecule has 1 rings (SSSR count). The van der Waals surface area contributed by atoms with Crippen LogP contribution in [0.1, 0.15) is 33.6 Å². The Morgan fingerprint density at radius 1 is 1.29 bits per heavy atom. The zero-order valence-electron chi connectivity index (χ0n) is 12.5. The lowest BCUT2D eigenvalue weighted by atomic mass is 9.96. The van der Waals surface area contributed by atoms with Crippen LogP contribution in [0.2, 0.25) is 0 Å². The molecule has 0 aliphatic carbocycles. The number of ether oxygens (including phenoxy) is 1. The van der Waals surface area contributed by atoms with E-state index in [1.165, 1.54) is 6.07 Å². The van der Waals surface area contributed by atoms with E-state index < -0.39 is 15.6 Å². The average molecular weight is 380 g/mol. The fourth-order valence-electron chi connectivity index (χ4n) is 1.96. The van der Waals surface area contributed by atoms with Gasteiger partial charge in [-0.05, 0) is 38.0 Å². The van der Waals surface area contributed by atoms with Crippen molar-refractivity contribution < 1.29 is 18.3 Å². The summed E-state index contributed by atoms with van der Waals surface area (Å²) in [4.78, 5) is 0.0680. The highest BCUT2D eigenvalue weighted by Gasteiger charge is 2.33. The predicted molar refractivity (Wildman–Crippen MR) is 86.0 cm³/mol. The van der Waals surface area contributed by atoms with E-state index in [0.717, 1.165) is 0 Å². The zero-order valence-corrected chi connectivity index (χ0v) is 14.9. The average Bonchev–Trinajstić information content (AvgIpc) is 2.47. The Kier molecular flexibility index (Phi) is 6.65. The fourth-order valence-corrected chi connectivity index (χ4v) is 4.18. The normalized spacial score (nSPS) is 12.4. The second kappa shape index (κ2) is 7.58. The van der Waals surface area contributed by atoms with E-state index in [1.807, 2.05) is 13.8 Å². The van der Waals surface area contributed by atoms with Gasteiger partial charge in [-0.2, -0.15) is 0 Å². The van der Waals surface area contributed by atoms with Crippen molar-refractivity contribution in [1.82, 2.24) is 4.72 Å². The third-order valence-electron chi connectivity index (χ3n) is 3.50. The molecule has 120 valence electrons. The van der Waals surface area contributed by atoms with Crippen LogP contribution in [0.4, 0.5) is 0 Å². The highest BCUT2D eigenvalue weighted by Crippen LogP contribution is 2.29. The first kappa shape index (κ1) is 18.4. The van der Waals surface area contributed by atoms with Gasteiger partial charge in [0.25, 0.3) is 0 Å². The Morgan fingerprint density at radius 2 is 1.90 bits per heavy atom. The Balaban J connectivity index is 3.27. The number of hydrogen-bond donors (Lipinski definition) is 2. The SMILES string of the molecule is CCOc1ccc(Br)cc1S(=O)(=O)NC(CC)(CC)CO. The van der Waals surface area contributed by atoms with Gasteiger partial charge in [0.05, 0.1) is 18.8 Å². The van der Waals surface area contributed by atoms with Crippen molar-refractivity contribution in [2.75, 3.05) is 13.2 Å². The van der Waals surface area contributed by atoms with Crippen LogP contribution < -0.4 is 9.46 Å². The summed E-state index contributed by atoms with van der Waals surface area (Å²) in [5.41, 5.74) is -0.857. The molecule has 0 atom stereocenters. The third kappa shape index (κ3) is 4.42. The Bertz CT molecular complexity index is 562. The van der Waals surface area contributed by atoms with Crippen molar-refractivity contribution >= 4 is 26.0 Å². The quantitative estimate of drug-likeness (QED) is 0.727. The first-order valence-corrected chi connectivity index (χ1v) is 9.19. The van der Waals surface area contributed by atoms with E-state index >= 15 is 0 Å². The van der Waals surface area contributed by atoms with Crippen molar-refractivity contribution in [3.8, 4) is 5.75 Å². The summed E-state index contributed by atoms with van der Waals surface area (Å²) in [6, 6.07) is 4.84. The van der Waals surface area contributed by atoms with Crippen LogP contribution in [0.3, 0.4) is 0 Å². The summed E-state index contributed by atoms with van der Waals surface area (Å²) in [5.74, 6) is 0.298. The maximum atomic E-state index is 12.6. The molecule has 0 amide bonds. The zero-order chi connectivity index (χ0) is 16.1. The number of rotatable bonds is 8. The van der Waals surface area contributed by atoms with Crippen molar-refractivity contribution in [2.24, 2.45) is 0 Å². The molecule has 1 aromatic carbocycles. The molecule has 0 heterocycles. The second-order valence-corrected chi connectivity index (χ2v) is 7.34. The minimum absolute atomic E-state index is 0.0680. The monoisotopic (exact) mass is 379 g/mol. The van der Waals surface area contributed by atoms with Gasteiger partial charge in [-0.15, -0.1) is 0 Å². The van der Waals surface area contributed by atoms with Gasteiger partial charge in [0, 0.05) is 4.47 Å². The summed E-state index contributed by atoms with van der Waals surface area (Å²) in [6.45, 7) is 5.59. The van der Waals surface area contributed by atoms with Crippen molar-refractivity contribution in [3.63, 3.8) is 0 Å². The lowest BCUT2D eigenvalue weighted by molar-refractivity contribution is 0.172. The number of aliphatic hydroxyl groups is 1. The van der Waals surface area contributed by atoms with Gasteiger partial charge < -0.3 is 9.84 Å². The molecular weight excluding hydrogens is 358 g/mol. The largest absolute Gasteiger partial charge is 0.492 e. The topological polar surface area (TPSA) is 75.6 Å². The highest BCUT2D eigenvalue weighted by molar-refractivity contribution is 9.10. The molecule has 2 N–H and O–H groups in total. The van der Waals surface area contributed by atoms with E-state index in [0.29, 0.717) is 29.7 Å². The molecule has 0 saturated carbocycles. The minimum atomic E-state index is -3.79. The number of halogens is 1. The number of hydrogen-bond acceptors (Lipinski definition) is 4. The number of benzene rings is 1. The van der Waals surface area contributed by atoms with Gasteiger partial charge in [0.2, 0.25) is 10.0 Å². The predicted octanol–water partition coefficient (Wildman–Crippen LogP) is 2.68. The van der Waals surface area contributed by atoms with E-state index in [2.05, 4.69) is 20.7 Å². The molecule has 0 aromatic heterocycles. The first-order chi connectivity index (χ1) is 9.84. The van der Waals surface area contributed by atoms with Crippen LogP contribution in [0.25, 0.3) is 0 Å². The molecule has 0 aliphatic heterocycles. The molecule has 0 fully saturated rings. The molecule has 0 spiro atoms. The van der Waals surface area contributed by atoms with Crippen molar-refractivity contribution in [1.29, 1.82) is 0 Å². The maximum absolute atomic E-state index is 12.6. The van der Waals surface area contributed by atoms with E-state index in [-0.39, 0.29) is 11.5 Å². The minimum Gasteiger partial charge on any atom is -0.492 e. The number of sulfonamides is 1. The fraction of sp³-hybridized carbons (Fsp3) is 0.571. The number of aliphatic hydroxyl groups excluding tert-OH is 1. The van der Waals surface area contributed by atoms with Crippen LogP contribution in [0, 0.1) is 0 Å². The van der Waals surface area contributed by atoms with Gasteiger partial charge in [0.15, 0.2) is 0 Å². The smallest absolute Gasteiger partial charge is 0.244 e. The second-order valence-electron chi connectivity index (χ2n) is 4.78. The van der Waals surface area contributed by atoms with Crippen LogP contribution in [0.15, 0.2) is 27.6 Å². The summed E-state index contributed by atoms with van der Waals surface area (Å²) in [7, 11) is -3.79. The van der Waals surface area contributed by atoms with Gasteiger partial charge >= 0.3 is 0 Å². The molecule has 0 bridgehead atoms. The highest BCUT2D eigenvalue weighted by atomic mass is 79.9. The molecule has 1 aromatic rings. The molecule has 21 heavy (non-hydrogen) atoms. The Hall–Kier alpha value is -0.630. The van der Waals surface area contributed by atoms with E-state index in [1.54, 1.807) is 19.1 Å². The summed E-state index contributed by atoms with van der Waals surface area (Å²) < 4.78 is 34.0. The Labute approximate surface area is 134 Å². The molecule has 5 nitrogen and oxygen atoms in total. The lowest BCUT2D eigenvalue weighted by Gasteiger charge is -2.30. The third-order valence-corrected chi connectivity index (χ3v) is 5.60. The summed E-state index contributed by atoms with van der Waals surface area (Å²) in [5, 5.41) is 9.55. The van der Waals surface area contributed by atoms with Crippen LogP contribution in [-0.4, -0.2) is 32.3 Å². The van der Waals surface area contributed by atoms with Gasteiger partial charge in [-0.3, -0.25) is 0 Å². The van der Waals surface area contributed by atoms with Crippen LogP contribution in [0.5, 0.6) is 5.75 Å². The van der Waals surface area contributed by atoms with Crippen LogP contribution >= 0.6 is 15.9 Å². The standard InChI is InChI=1S/C14H22BrNO4S/c1-4-14(5-2,10-17)16-21(18,19)13-9-11(15)7-8-12(13)20-6-3/h7-9,16-17H,4-6,10H2,1-3H3. The molecule has 0 radical (unpaired) electrons. The van der Waals surface area contributed by atoms with Gasteiger partial charge in [-0.25, -0.2) is 13.1 Å². The molecule has 7 heteroatoms. The van der Waals surface area contributed by atoms with Crippen molar-refractivity contribution in [2.45, 2.75) is 44.0 Å².